The van der Waals surface area contributed by atoms with Gasteiger partial charge in [0, 0.05) is 11.3 Å². The van der Waals surface area contributed by atoms with Gasteiger partial charge in [0.2, 0.25) is 5.91 Å². The Balaban J connectivity index is 2.37. The van der Waals surface area contributed by atoms with Gasteiger partial charge in [-0.05, 0) is 43.7 Å². The van der Waals surface area contributed by atoms with Crippen molar-refractivity contribution in [2.45, 2.75) is 18.7 Å². The number of hydrogen-bond donors (Lipinski definition) is 2. The zero-order valence-corrected chi connectivity index (χ0v) is 12.6. The fourth-order valence-electron chi connectivity index (χ4n) is 2.05. The highest BCUT2D eigenvalue weighted by atomic mass is 32.2. The second-order valence-corrected chi connectivity index (χ2v) is 6.47. The Morgan fingerprint density at radius 1 is 1.10 bits per heavy atom. The highest BCUT2D eigenvalue weighted by molar-refractivity contribution is 7.92. The van der Waals surface area contributed by atoms with E-state index in [9.17, 15) is 13.2 Å². The van der Waals surface area contributed by atoms with Gasteiger partial charge in [-0.2, -0.15) is 0 Å². The van der Waals surface area contributed by atoms with Crippen molar-refractivity contribution >= 4 is 21.6 Å². The Hall–Kier alpha value is -2.34. The van der Waals surface area contributed by atoms with Crippen LogP contribution in [0.1, 0.15) is 21.5 Å². The SMILES string of the molecule is Cc1ccc(S(=O)(=O)Nc2cccc(C(N)=O)c2)c(C)c1. The molecule has 0 aromatic heterocycles. The average molecular weight is 304 g/mol. The smallest absolute Gasteiger partial charge is 0.262 e. The van der Waals surface area contributed by atoms with E-state index in [0.717, 1.165) is 5.56 Å². The summed E-state index contributed by atoms with van der Waals surface area (Å²) in [5, 5.41) is 0. The Bertz CT molecular complexity index is 798. The number of carbonyl (C=O) groups is 1. The third-order valence-electron chi connectivity index (χ3n) is 3.02. The Morgan fingerprint density at radius 3 is 2.43 bits per heavy atom. The number of aryl methyl sites for hydroxylation is 2. The van der Waals surface area contributed by atoms with Crippen LogP contribution in [0.4, 0.5) is 5.69 Å². The number of benzene rings is 2. The van der Waals surface area contributed by atoms with Gasteiger partial charge < -0.3 is 5.73 Å². The molecule has 110 valence electrons. The van der Waals surface area contributed by atoms with Crippen LogP contribution >= 0.6 is 0 Å². The van der Waals surface area contributed by atoms with E-state index in [2.05, 4.69) is 4.72 Å². The third kappa shape index (κ3) is 3.41. The second-order valence-electron chi connectivity index (χ2n) is 4.82. The minimum Gasteiger partial charge on any atom is -0.366 e. The van der Waals surface area contributed by atoms with Crippen molar-refractivity contribution in [1.82, 2.24) is 0 Å². The van der Waals surface area contributed by atoms with Crippen molar-refractivity contribution in [3.05, 3.63) is 59.2 Å². The van der Waals surface area contributed by atoms with Crippen LogP contribution in [0.25, 0.3) is 0 Å². The summed E-state index contributed by atoms with van der Waals surface area (Å²) in [6.07, 6.45) is 0. The van der Waals surface area contributed by atoms with E-state index >= 15 is 0 Å². The summed E-state index contributed by atoms with van der Waals surface area (Å²) < 4.78 is 27.2. The Kier molecular flexibility index (Phi) is 3.99. The maximum Gasteiger partial charge on any atom is 0.262 e. The highest BCUT2D eigenvalue weighted by Gasteiger charge is 2.17. The first-order valence-corrected chi connectivity index (χ1v) is 7.78. The number of primary amides is 1. The standard InChI is InChI=1S/C15H16N2O3S/c1-10-6-7-14(11(2)8-10)21(19,20)17-13-5-3-4-12(9-13)15(16)18/h3-9,17H,1-2H3,(H2,16,18). The van der Waals surface area contributed by atoms with Gasteiger partial charge in [0.25, 0.3) is 10.0 Å². The van der Waals surface area contributed by atoms with Crippen LogP contribution in [-0.4, -0.2) is 14.3 Å². The fourth-order valence-corrected chi connectivity index (χ4v) is 3.32. The van der Waals surface area contributed by atoms with Gasteiger partial charge >= 0.3 is 0 Å². The van der Waals surface area contributed by atoms with Gasteiger partial charge in [-0.1, -0.05) is 23.8 Å². The number of hydrogen-bond acceptors (Lipinski definition) is 3. The molecule has 2 aromatic rings. The number of amides is 1. The van der Waals surface area contributed by atoms with Gasteiger partial charge in [0.05, 0.1) is 4.90 Å². The molecule has 0 atom stereocenters. The predicted octanol–water partition coefficient (Wildman–Crippen LogP) is 2.20. The molecule has 0 saturated heterocycles. The molecule has 0 aliphatic rings. The molecule has 0 bridgehead atoms. The summed E-state index contributed by atoms with van der Waals surface area (Å²) >= 11 is 0. The average Bonchev–Trinajstić information content (AvgIpc) is 2.37. The molecule has 1 amide bonds. The van der Waals surface area contributed by atoms with Crippen LogP contribution in [0.5, 0.6) is 0 Å². The van der Waals surface area contributed by atoms with E-state index in [1.165, 1.54) is 12.1 Å². The fraction of sp³-hybridized carbons (Fsp3) is 0.133. The Labute approximate surface area is 123 Å². The maximum atomic E-state index is 12.4. The van der Waals surface area contributed by atoms with Crippen LogP contribution in [0.3, 0.4) is 0 Å². The first-order valence-electron chi connectivity index (χ1n) is 6.29. The Morgan fingerprint density at radius 2 is 1.81 bits per heavy atom. The number of rotatable bonds is 4. The monoisotopic (exact) mass is 304 g/mol. The van der Waals surface area contributed by atoms with Crippen molar-refractivity contribution in [3.8, 4) is 0 Å². The minimum atomic E-state index is -3.71. The van der Waals surface area contributed by atoms with Crippen molar-refractivity contribution < 1.29 is 13.2 Å². The van der Waals surface area contributed by atoms with E-state index in [1.807, 2.05) is 6.92 Å². The third-order valence-corrected chi connectivity index (χ3v) is 4.56. The van der Waals surface area contributed by atoms with Gasteiger partial charge in [-0.25, -0.2) is 8.42 Å². The molecule has 3 N–H and O–H groups in total. The van der Waals surface area contributed by atoms with Crippen LogP contribution in [0.15, 0.2) is 47.4 Å². The number of nitrogens with two attached hydrogens (primary N) is 1. The van der Waals surface area contributed by atoms with Crippen molar-refractivity contribution in [1.29, 1.82) is 0 Å². The molecule has 5 nitrogen and oxygen atoms in total. The first kappa shape index (κ1) is 15.1. The quantitative estimate of drug-likeness (QED) is 0.907. The van der Waals surface area contributed by atoms with E-state index in [1.54, 1.807) is 37.3 Å². The lowest BCUT2D eigenvalue weighted by Gasteiger charge is -2.11. The summed E-state index contributed by atoms with van der Waals surface area (Å²) in [6, 6.07) is 11.2. The molecular formula is C15H16N2O3S. The molecule has 2 rings (SSSR count). The largest absolute Gasteiger partial charge is 0.366 e. The van der Waals surface area contributed by atoms with Crippen LogP contribution in [-0.2, 0) is 10.0 Å². The lowest BCUT2D eigenvalue weighted by Crippen LogP contribution is -2.16. The predicted molar refractivity (Wildman–Crippen MR) is 81.7 cm³/mol. The first-order chi connectivity index (χ1) is 9.79. The molecule has 21 heavy (non-hydrogen) atoms. The molecule has 0 aliphatic carbocycles. The van der Waals surface area contributed by atoms with Crippen molar-refractivity contribution in [2.75, 3.05) is 4.72 Å². The highest BCUT2D eigenvalue weighted by Crippen LogP contribution is 2.20. The molecule has 2 aromatic carbocycles. The summed E-state index contributed by atoms with van der Waals surface area (Å²) in [4.78, 5) is 11.3. The summed E-state index contributed by atoms with van der Waals surface area (Å²) in [7, 11) is -3.71. The summed E-state index contributed by atoms with van der Waals surface area (Å²) in [5.74, 6) is -0.609. The van der Waals surface area contributed by atoms with Crippen molar-refractivity contribution in [2.24, 2.45) is 5.73 Å². The molecule has 0 fully saturated rings. The van der Waals surface area contributed by atoms with Crippen LogP contribution < -0.4 is 10.5 Å². The summed E-state index contributed by atoms with van der Waals surface area (Å²) in [6.45, 7) is 3.63. The molecular weight excluding hydrogens is 288 g/mol. The molecule has 0 unspecified atom stereocenters. The van der Waals surface area contributed by atoms with Crippen LogP contribution in [0, 0.1) is 13.8 Å². The molecule has 6 heteroatoms. The maximum absolute atomic E-state index is 12.4. The molecule has 0 radical (unpaired) electrons. The van der Waals surface area contributed by atoms with E-state index in [4.69, 9.17) is 5.73 Å². The minimum absolute atomic E-state index is 0.206. The molecule has 0 saturated carbocycles. The molecule has 0 aliphatic heterocycles. The summed E-state index contributed by atoms with van der Waals surface area (Å²) in [5.41, 5.74) is 7.37. The van der Waals surface area contributed by atoms with E-state index in [0.29, 0.717) is 11.3 Å². The topological polar surface area (TPSA) is 89.3 Å². The zero-order valence-electron chi connectivity index (χ0n) is 11.8. The zero-order chi connectivity index (χ0) is 15.6. The molecule has 0 spiro atoms. The van der Waals surface area contributed by atoms with Gasteiger partial charge in [-0.15, -0.1) is 0 Å². The van der Waals surface area contributed by atoms with Crippen molar-refractivity contribution in [3.63, 3.8) is 0 Å². The number of carbonyl (C=O) groups excluding carboxylic acids is 1. The number of sulfonamides is 1. The molecule has 0 heterocycles. The van der Waals surface area contributed by atoms with Crippen LogP contribution in [0.2, 0.25) is 0 Å². The lowest BCUT2D eigenvalue weighted by molar-refractivity contribution is 0.100. The van der Waals surface area contributed by atoms with Gasteiger partial charge in [0.1, 0.15) is 0 Å². The van der Waals surface area contributed by atoms with E-state index < -0.39 is 15.9 Å². The number of anilines is 1. The normalized spacial score (nSPS) is 11.1. The van der Waals surface area contributed by atoms with Gasteiger partial charge in [0.15, 0.2) is 0 Å². The lowest BCUT2D eigenvalue weighted by atomic mass is 10.2. The van der Waals surface area contributed by atoms with Gasteiger partial charge in [-0.3, -0.25) is 9.52 Å². The second kappa shape index (κ2) is 5.57. The van der Waals surface area contributed by atoms with E-state index in [-0.39, 0.29) is 10.5 Å². The number of nitrogens with one attached hydrogen (secondary N) is 1.